The minimum Gasteiger partial charge on any atom is -0.393 e. The van der Waals surface area contributed by atoms with Crippen LogP contribution < -0.4 is 0 Å². The summed E-state index contributed by atoms with van der Waals surface area (Å²) in [5, 5.41) is 18.9. The van der Waals surface area contributed by atoms with E-state index >= 15 is 0 Å². The first-order chi connectivity index (χ1) is 7.37. The average Bonchev–Trinajstić information content (AvgIpc) is 2.14. The van der Waals surface area contributed by atoms with E-state index in [1.807, 2.05) is 26.0 Å². The lowest BCUT2D eigenvalue weighted by Gasteiger charge is -2.16. The predicted molar refractivity (Wildman–Crippen MR) is 66.4 cm³/mol. The topological polar surface area (TPSA) is 40.5 Å². The van der Waals surface area contributed by atoms with Gasteiger partial charge < -0.3 is 10.2 Å². The highest BCUT2D eigenvalue weighted by Crippen LogP contribution is 2.14. The first-order valence-electron chi connectivity index (χ1n) is 5.85. The Bertz CT molecular complexity index is 307. The lowest BCUT2D eigenvalue weighted by atomic mass is 9.97. The summed E-state index contributed by atoms with van der Waals surface area (Å²) >= 11 is 0. The summed E-state index contributed by atoms with van der Waals surface area (Å²) in [6.07, 6.45) is 2.06. The van der Waals surface area contributed by atoms with Gasteiger partial charge in [0.2, 0.25) is 0 Å². The van der Waals surface area contributed by atoms with Crippen molar-refractivity contribution in [2.75, 3.05) is 0 Å². The first kappa shape index (κ1) is 13.2. The van der Waals surface area contributed by atoms with Crippen LogP contribution in [0.15, 0.2) is 24.3 Å². The molecule has 2 N–H and O–H groups in total. The molecule has 90 valence electrons. The molecule has 0 saturated heterocycles. The van der Waals surface area contributed by atoms with Gasteiger partial charge in [-0.1, -0.05) is 24.3 Å². The lowest BCUT2D eigenvalue weighted by molar-refractivity contribution is 0.0714. The standard InChI is InChI=1S/C14H22O2/c1-11(15)10-13-6-4-12(5-7-13)8-9-14(2,3)16/h4-7,11,15-16H,8-10H2,1-3H3. The molecule has 2 heteroatoms. The van der Waals surface area contributed by atoms with Crippen molar-refractivity contribution in [1.82, 2.24) is 0 Å². The van der Waals surface area contributed by atoms with Gasteiger partial charge >= 0.3 is 0 Å². The molecule has 0 bridgehead atoms. The maximum atomic E-state index is 9.62. The molecule has 0 aromatic heterocycles. The Labute approximate surface area is 97.9 Å². The fraction of sp³-hybridized carbons (Fsp3) is 0.571. The number of aliphatic hydroxyl groups excluding tert-OH is 1. The summed E-state index contributed by atoms with van der Waals surface area (Å²) in [5.74, 6) is 0. The highest BCUT2D eigenvalue weighted by atomic mass is 16.3. The van der Waals surface area contributed by atoms with Crippen molar-refractivity contribution in [3.05, 3.63) is 35.4 Å². The molecule has 0 fully saturated rings. The number of hydrogen-bond donors (Lipinski definition) is 2. The Hall–Kier alpha value is -0.860. The minimum absolute atomic E-state index is 0.290. The lowest BCUT2D eigenvalue weighted by Crippen LogP contribution is -2.19. The van der Waals surface area contributed by atoms with Crippen LogP contribution in [0.3, 0.4) is 0 Å². The van der Waals surface area contributed by atoms with Gasteiger partial charge in [-0.3, -0.25) is 0 Å². The molecular weight excluding hydrogens is 200 g/mol. The fourth-order valence-electron chi connectivity index (χ4n) is 1.63. The van der Waals surface area contributed by atoms with Gasteiger partial charge in [0, 0.05) is 0 Å². The Kier molecular flexibility index (Phi) is 4.51. The van der Waals surface area contributed by atoms with Crippen LogP contribution in [0, 0.1) is 0 Å². The van der Waals surface area contributed by atoms with Crippen LogP contribution in [0.1, 0.15) is 38.3 Å². The number of aliphatic hydroxyl groups is 2. The normalized spacial score (nSPS) is 13.8. The zero-order chi connectivity index (χ0) is 12.2. The van der Waals surface area contributed by atoms with Crippen LogP contribution in [0.25, 0.3) is 0 Å². The zero-order valence-electron chi connectivity index (χ0n) is 10.4. The quantitative estimate of drug-likeness (QED) is 0.802. The van der Waals surface area contributed by atoms with Crippen LogP contribution in [0.2, 0.25) is 0 Å². The van der Waals surface area contributed by atoms with E-state index < -0.39 is 5.60 Å². The Morgan fingerprint density at radius 3 is 2.06 bits per heavy atom. The van der Waals surface area contributed by atoms with Crippen molar-refractivity contribution in [2.24, 2.45) is 0 Å². The molecule has 1 aromatic rings. The van der Waals surface area contributed by atoms with Crippen molar-refractivity contribution in [1.29, 1.82) is 0 Å². The molecule has 0 aliphatic heterocycles. The van der Waals surface area contributed by atoms with E-state index in [4.69, 9.17) is 0 Å². The van der Waals surface area contributed by atoms with Gasteiger partial charge in [0.25, 0.3) is 0 Å². The van der Waals surface area contributed by atoms with Gasteiger partial charge in [-0.15, -0.1) is 0 Å². The molecule has 0 amide bonds. The number of benzene rings is 1. The molecule has 1 aromatic carbocycles. The van der Waals surface area contributed by atoms with Crippen LogP contribution in [0.4, 0.5) is 0 Å². The molecule has 0 heterocycles. The van der Waals surface area contributed by atoms with E-state index in [1.165, 1.54) is 5.56 Å². The predicted octanol–water partition coefficient (Wildman–Crippen LogP) is 2.31. The van der Waals surface area contributed by atoms with Gasteiger partial charge in [-0.25, -0.2) is 0 Å². The molecule has 16 heavy (non-hydrogen) atoms. The van der Waals surface area contributed by atoms with E-state index in [0.29, 0.717) is 6.42 Å². The monoisotopic (exact) mass is 222 g/mol. The largest absolute Gasteiger partial charge is 0.393 e. The van der Waals surface area contributed by atoms with Gasteiger partial charge in [-0.2, -0.15) is 0 Å². The molecule has 1 atom stereocenters. The first-order valence-corrected chi connectivity index (χ1v) is 5.85. The molecule has 0 saturated carbocycles. The van der Waals surface area contributed by atoms with Crippen LogP contribution in [0.5, 0.6) is 0 Å². The van der Waals surface area contributed by atoms with Crippen LogP contribution >= 0.6 is 0 Å². The van der Waals surface area contributed by atoms with Gasteiger partial charge in [0.05, 0.1) is 11.7 Å². The average molecular weight is 222 g/mol. The van der Waals surface area contributed by atoms with Crippen molar-refractivity contribution < 1.29 is 10.2 Å². The maximum absolute atomic E-state index is 9.62. The molecule has 2 nitrogen and oxygen atoms in total. The minimum atomic E-state index is -0.599. The molecule has 0 aliphatic rings. The fourth-order valence-corrected chi connectivity index (χ4v) is 1.63. The smallest absolute Gasteiger partial charge is 0.0594 e. The van der Waals surface area contributed by atoms with Crippen molar-refractivity contribution in [3.63, 3.8) is 0 Å². The van der Waals surface area contributed by atoms with E-state index in [-0.39, 0.29) is 6.10 Å². The van der Waals surface area contributed by atoms with E-state index in [1.54, 1.807) is 6.92 Å². The van der Waals surface area contributed by atoms with Crippen molar-refractivity contribution in [3.8, 4) is 0 Å². The zero-order valence-corrected chi connectivity index (χ0v) is 10.4. The second kappa shape index (κ2) is 5.46. The third-order valence-electron chi connectivity index (χ3n) is 2.58. The van der Waals surface area contributed by atoms with Gasteiger partial charge in [-0.05, 0) is 51.2 Å². The summed E-state index contributed by atoms with van der Waals surface area (Å²) < 4.78 is 0. The summed E-state index contributed by atoms with van der Waals surface area (Å²) in [6.45, 7) is 5.45. The maximum Gasteiger partial charge on any atom is 0.0594 e. The van der Waals surface area contributed by atoms with E-state index in [2.05, 4.69) is 12.1 Å². The summed E-state index contributed by atoms with van der Waals surface area (Å²) in [6, 6.07) is 8.24. The summed E-state index contributed by atoms with van der Waals surface area (Å²) in [7, 11) is 0. The number of aryl methyl sites for hydroxylation is 1. The Morgan fingerprint density at radius 2 is 1.62 bits per heavy atom. The Morgan fingerprint density at radius 1 is 1.12 bits per heavy atom. The van der Waals surface area contributed by atoms with E-state index in [0.717, 1.165) is 18.4 Å². The molecule has 0 radical (unpaired) electrons. The SMILES string of the molecule is CC(O)Cc1ccc(CCC(C)(C)O)cc1. The van der Waals surface area contributed by atoms with Gasteiger partial charge in [0.15, 0.2) is 0 Å². The highest BCUT2D eigenvalue weighted by Gasteiger charge is 2.11. The van der Waals surface area contributed by atoms with Crippen LogP contribution in [-0.4, -0.2) is 21.9 Å². The number of hydrogen-bond acceptors (Lipinski definition) is 2. The van der Waals surface area contributed by atoms with Crippen LogP contribution in [-0.2, 0) is 12.8 Å². The van der Waals surface area contributed by atoms with Crippen molar-refractivity contribution >= 4 is 0 Å². The third kappa shape index (κ3) is 5.29. The Balaban J connectivity index is 2.51. The molecule has 1 unspecified atom stereocenters. The highest BCUT2D eigenvalue weighted by molar-refractivity contribution is 5.23. The second-order valence-corrected chi connectivity index (χ2v) is 5.18. The molecule has 0 aliphatic carbocycles. The van der Waals surface area contributed by atoms with Crippen molar-refractivity contribution in [2.45, 2.75) is 51.7 Å². The number of rotatable bonds is 5. The molecule has 1 rings (SSSR count). The molecule has 0 spiro atoms. The molecular formula is C14H22O2. The summed E-state index contributed by atoms with van der Waals surface area (Å²) in [5.41, 5.74) is 1.79. The second-order valence-electron chi connectivity index (χ2n) is 5.18. The van der Waals surface area contributed by atoms with E-state index in [9.17, 15) is 10.2 Å². The summed E-state index contributed by atoms with van der Waals surface area (Å²) in [4.78, 5) is 0. The third-order valence-corrected chi connectivity index (χ3v) is 2.58. The van der Waals surface area contributed by atoms with Gasteiger partial charge in [0.1, 0.15) is 0 Å².